The highest BCUT2D eigenvalue weighted by molar-refractivity contribution is 7.10. The number of hydrogen-bond donors (Lipinski definition) is 1. The van der Waals surface area contributed by atoms with Gasteiger partial charge in [0.05, 0.1) is 16.3 Å². The van der Waals surface area contributed by atoms with Crippen LogP contribution in [-0.4, -0.2) is 15.9 Å². The van der Waals surface area contributed by atoms with Gasteiger partial charge in [0.2, 0.25) is 5.88 Å². The molecule has 0 amide bonds. The second-order valence-electron chi connectivity index (χ2n) is 5.45. The van der Waals surface area contributed by atoms with E-state index in [2.05, 4.69) is 9.98 Å². The average molecular weight is 333 g/mol. The summed E-state index contributed by atoms with van der Waals surface area (Å²) in [5, 5.41) is 10.4. The zero-order chi connectivity index (χ0) is 16.5. The average Bonchev–Trinajstić information content (AvgIpc) is 3.13. The Labute approximate surface area is 143 Å². The van der Waals surface area contributed by atoms with Gasteiger partial charge in [-0.15, -0.1) is 0 Å². The lowest BCUT2D eigenvalue weighted by Gasteiger charge is -1.98. The summed E-state index contributed by atoms with van der Waals surface area (Å²) in [6.45, 7) is 0. The molecule has 4 rings (SSSR count). The van der Waals surface area contributed by atoms with Gasteiger partial charge in [-0.05, 0) is 24.3 Å². The molecule has 3 aromatic rings. The van der Waals surface area contributed by atoms with E-state index in [1.165, 1.54) is 11.3 Å². The molecule has 1 aliphatic heterocycles. The number of nitrogens with zero attached hydrogens (tertiary/aromatic N) is 3. The molecule has 0 atom stereocenters. The first kappa shape index (κ1) is 14.7. The van der Waals surface area contributed by atoms with Crippen LogP contribution in [0.1, 0.15) is 10.4 Å². The number of fused-ring (bicyclic) bond motifs is 1. The number of allylic oxidation sites excluding steroid dienone is 1. The normalized spacial score (nSPS) is 15.2. The molecular weight excluding hydrogens is 318 g/mol. The molecular formula is C19H15N3OS. The quantitative estimate of drug-likeness (QED) is 0.747. The Morgan fingerprint density at radius 3 is 2.67 bits per heavy atom. The van der Waals surface area contributed by atoms with Crippen LogP contribution in [0.5, 0.6) is 5.88 Å². The molecule has 0 bridgehead atoms. The zero-order valence-electron chi connectivity index (χ0n) is 13.0. The van der Waals surface area contributed by atoms with Crippen LogP contribution in [0, 0.1) is 0 Å². The van der Waals surface area contributed by atoms with Crippen LogP contribution in [-0.2, 0) is 7.05 Å². The molecule has 2 aromatic carbocycles. The van der Waals surface area contributed by atoms with Crippen LogP contribution in [0.4, 0.5) is 11.4 Å². The minimum Gasteiger partial charge on any atom is -0.493 e. The Morgan fingerprint density at radius 1 is 1.08 bits per heavy atom. The maximum atomic E-state index is 10.4. The molecule has 24 heavy (non-hydrogen) atoms. The molecule has 1 aliphatic rings. The largest absolute Gasteiger partial charge is 0.493 e. The summed E-state index contributed by atoms with van der Waals surface area (Å²) in [6, 6.07) is 17.7. The molecule has 0 saturated carbocycles. The van der Waals surface area contributed by atoms with Gasteiger partial charge >= 0.3 is 0 Å². The minimum absolute atomic E-state index is 0.208. The van der Waals surface area contributed by atoms with Crippen molar-refractivity contribution in [2.75, 3.05) is 0 Å². The summed E-state index contributed by atoms with van der Waals surface area (Å²) in [5.74, 6) is 0.208. The topological polar surface area (TPSA) is 49.9 Å². The Morgan fingerprint density at radius 2 is 1.83 bits per heavy atom. The predicted octanol–water partition coefficient (Wildman–Crippen LogP) is 4.28. The zero-order valence-corrected chi connectivity index (χ0v) is 13.9. The fraction of sp³-hybridized carbons (Fsp3) is 0.0526. The van der Waals surface area contributed by atoms with Crippen molar-refractivity contribution in [1.29, 1.82) is 0 Å². The summed E-state index contributed by atoms with van der Waals surface area (Å²) < 4.78 is 1.70. The number of thiazole rings is 1. The number of rotatable bonds is 2. The van der Waals surface area contributed by atoms with Crippen LogP contribution < -0.4 is 4.80 Å². The first-order valence-electron chi connectivity index (χ1n) is 7.56. The van der Waals surface area contributed by atoms with Gasteiger partial charge in [-0.25, -0.2) is 4.99 Å². The standard InChI is InChI=1S/C19H15N3OS/c1-22-18(23)17(24-19(22)21-14-7-3-2-4-8-14)11-13-12-20-16-10-6-5-9-15(13)16/h2-12,23H,1H3/b13-11+,21-19?. The van der Waals surface area contributed by atoms with E-state index in [1.54, 1.807) is 4.57 Å². The molecule has 0 saturated heterocycles. The third kappa shape index (κ3) is 2.59. The SMILES string of the molecule is Cn1c(O)c(/C=C2\C=Nc3ccccc32)sc1=Nc1ccccc1. The molecule has 5 heteroatoms. The van der Waals surface area contributed by atoms with E-state index in [-0.39, 0.29) is 5.88 Å². The summed E-state index contributed by atoms with van der Waals surface area (Å²) in [4.78, 5) is 10.5. The van der Waals surface area contributed by atoms with Crippen LogP contribution in [0.25, 0.3) is 11.6 Å². The lowest BCUT2D eigenvalue weighted by atomic mass is 10.1. The molecule has 0 fully saturated rings. The molecule has 118 valence electrons. The highest BCUT2D eigenvalue weighted by Crippen LogP contribution is 2.34. The van der Waals surface area contributed by atoms with E-state index in [9.17, 15) is 5.11 Å². The second-order valence-corrected chi connectivity index (χ2v) is 6.46. The number of aromatic hydroxyl groups is 1. The summed E-state index contributed by atoms with van der Waals surface area (Å²) in [5.41, 5.74) is 3.89. The molecule has 1 aromatic heterocycles. The second kappa shape index (κ2) is 5.94. The van der Waals surface area contributed by atoms with Crippen molar-refractivity contribution in [1.82, 2.24) is 4.57 Å². The van der Waals surface area contributed by atoms with E-state index < -0.39 is 0 Å². The molecule has 0 radical (unpaired) electrons. The van der Waals surface area contributed by atoms with E-state index in [0.29, 0.717) is 0 Å². The van der Waals surface area contributed by atoms with Crippen molar-refractivity contribution in [3.63, 3.8) is 0 Å². The Balaban J connectivity index is 1.79. The molecule has 2 heterocycles. The van der Waals surface area contributed by atoms with E-state index in [4.69, 9.17) is 0 Å². The summed E-state index contributed by atoms with van der Waals surface area (Å²) in [7, 11) is 1.81. The number of para-hydroxylation sites is 2. The van der Waals surface area contributed by atoms with Crippen molar-refractivity contribution in [2.45, 2.75) is 0 Å². The van der Waals surface area contributed by atoms with Gasteiger partial charge in [-0.1, -0.05) is 47.7 Å². The number of aromatic nitrogens is 1. The van der Waals surface area contributed by atoms with Gasteiger partial charge in [0, 0.05) is 24.4 Å². The first-order chi connectivity index (χ1) is 11.7. The Bertz CT molecular complexity index is 1030. The third-order valence-electron chi connectivity index (χ3n) is 3.85. The molecule has 0 spiro atoms. The van der Waals surface area contributed by atoms with Crippen molar-refractivity contribution in [3.05, 3.63) is 69.8 Å². The van der Waals surface area contributed by atoms with Crippen LogP contribution >= 0.6 is 11.3 Å². The first-order valence-corrected chi connectivity index (χ1v) is 8.38. The number of hydrogen-bond acceptors (Lipinski definition) is 4. The fourth-order valence-corrected chi connectivity index (χ4v) is 3.55. The van der Waals surface area contributed by atoms with Gasteiger partial charge in [0.1, 0.15) is 0 Å². The number of aliphatic imine (C=N–C) groups is 1. The van der Waals surface area contributed by atoms with Crippen molar-refractivity contribution >= 4 is 40.6 Å². The third-order valence-corrected chi connectivity index (χ3v) is 4.92. The van der Waals surface area contributed by atoms with Crippen molar-refractivity contribution < 1.29 is 5.11 Å². The maximum absolute atomic E-state index is 10.4. The summed E-state index contributed by atoms with van der Waals surface area (Å²) in [6.07, 6.45) is 3.79. The Kier molecular flexibility index (Phi) is 3.63. The van der Waals surface area contributed by atoms with Gasteiger partial charge in [-0.2, -0.15) is 0 Å². The van der Waals surface area contributed by atoms with Gasteiger partial charge < -0.3 is 5.11 Å². The smallest absolute Gasteiger partial charge is 0.210 e. The van der Waals surface area contributed by atoms with E-state index in [0.717, 1.165) is 32.2 Å². The molecule has 4 nitrogen and oxygen atoms in total. The van der Waals surface area contributed by atoms with Crippen molar-refractivity contribution in [3.8, 4) is 5.88 Å². The molecule has 0 aliphatic carbocycles. The lowest BCUT2D eigenvalue weighted by molar-refractivity contribution is 0.427. The van der Waals surface area contributed by atoms with Gasteiger partial charge in [0.15, 0.2) is 4.80 Å². The van der Waals surface area contributed by atoms with Crippen molar-refractivity contribution in [2.24, 2.45) is 17.0 Å². The van der Waals surface area contributed by atoms with Crippen LogP contribution in [0.2, 0.25) is 0 Å². The monoisotopic (exact) mass is 333 g/mol. The lowest BCUT2D eigenvalue weighted by Crippen LogP contribution is -2.08. The molecule has 0 unspecified atom stereocenters. The predicted molar refractivity (Wildman–Crippen MR) is 99.1 cm³/mol. The summed E-state index contributed by atoms with van der Waals surface area (Å²) >= 11 is 1.45. The Hall–Kier alpha value is -2.92. The van der Waals surface area contributed by atoms with Crippen LogP contribution in [0.3, 0.4) is 0 Å². The maximum Gasteiger partial charge on any atom is 0.210 e. The highest BCUT2D eigenvalue weighted by Gasteiger charge is 2.14. The fourth-order valence-electron chi connectivity index (χ4n) is 2.57. The molecule has 1 N–H and O–H groups in total. The van der Waals surface area contributed by atoms with Gasteiger partial charge in [-0.3, -0.25) is 9.56 Å². The number of benzene rings is 2. The minimum atomic E-state index is 0.208. The van der Waals surface area contributed by atoms with Gasteiger partial charge in [0.25, 0.3) is 0 Å². The van der Waals surface area contributed by atoms with E-state index in [1.807, 2.05) is 73.9 Å². The van der Waals surface area contributed by atoms with Crippen LogP contribution in [0.15, 0.2) is 64.6 Å². The van der Waals surface area contributed by atoms with E-state index >= 15 is 0 Å². The highest BCUT2D eigenvalue weighted by atomic mass is 32.1.